The molecule has 0 aliphatic heterocycles. The first-order valence-electron chi connectivity index (χ1n) is 4.01. The Labute approximate surface area is 75.0 Å². The normalized spacial score (nSPS) is 30.0. The summed E-state index contributed by atoms with van der Waals surface area (Å²) in [5, 5.41) is 8.88. The van der Waals surface area contributed by atoms with E-state index in [4.69, 9.17) is 11.6 Å². The minimum absolute atomic E-state index is 0.456. The molecule has 1 saturated carbocycles. The van der Waals surface area contributed by atoms with Gasteiger partial charge in [0, 0.05) is 5.92 Å². The monoisotopic (exact) mass is 196 g/mol. The van der Waals surface area contributed by atoms with Gasteiger partial charge < -0.3 is 5.11 Å². The fourth-order valence-electron chi connectivity index (χ4n) is 1.55. The molecule has 0 heterocycles. The van der Waals surface area contributed by atoms with E-state index in [0.29, 0.717) is 12.8 Å². The van der Waals surface area contributed by atoms with Crippen molar-refractivity contribution in [2.75, 3.05) is 0 Å². The van der Waals surface area contributed by atoms with E-state index < -0.39 is 23.1 Å². The van der Waals surface area contributed by atoms with Crippen molar-refractivity contribution >= 4 is 11.6 Å². The maximum atomic E-state index is 12.0. The van der Waals surface area contributed by atoms with Gasteiger partial charge in [0.05, 0.1) is 11.1 Å². The van der Waals surface area contributed by atoms with Crippen molar-refractivity contribution in [3.8, 4) is 0 Å². The summed E-state index contributed by atoms with van der Waals surface area (Å²) >= 11 is 5.36. The highest BCUT2D eigenvalue weighted by Gasteiger charge is 2.28. The van der Waals surface area contributed by atoms with E-state index in [2.05, 4.69) is 0 Å². The van der Waals surface area contributed by atoms with Crippen LogP contribution in [0.3, 0.4) is 0 Å². The molecule has 1 aliphatic carbocycles. The molecule has 1 nitrogen and oxygen atoms in total. The zero-order valence-corrected chi connectivity index (χ0v) is 7.32. The van der Waals surface area contributed by atoms with E-state index in [1.54, 1.807) is 0 Å². The van der Waals surface area contributed by atoms with Gasteiger partial charge >= 0.3 is 0 Å². The molecule has 1 aliphatic rings. The van der Waals surface area contributed by atoms with Crippen LogP contribution < -0.4 is 0 Å². The molecule has 0 saturated heterocycles. The Morgan fingerprint density at radius 1 is 1.25 bits per heavy atom. The van der Waals surface area contributed by atoms with E-state index in [9.17, 15) is 13.9 Å². The Kier molecular flexibility index (Phi) is 3.47. The molecule has 0 amide bonds. The summed E-state index contributed by atoms with van der Waals surface area (Å²) < 4.78 is 24.0. The maximum absolute atomic E-state index is 12.0. The van der Waals surface area contributed by atoms with E-state index >= 15 is 0 Å². The van der Waals surface area contributed by atoms with Crippen LogP contribution in [0, 0.1) is 5.92 Å². The topological polar surface area (TPSA) is 20.2 Å². The van der Waals surface area contributed by atoms with Gasteiger partial charge in [0.1, 0.15) is 0 Å². The smallest absolute Gasteiger partial charge is 0.285 e. The van der Waals surface area contributed by atoms with Crippen LogP contribution in [-0.2, 0) is 0 Å². The minimum Gasteiger partial charge on any atom is -0.392 e. The highest BCUT2D eigenvalue weighted by molar-refractivity contribution is 6.30. The lowest BCUT2D eigenvalue weighted by Crippen LogP contribution is -2.24. The molecule has 70 valence electrons. The van der Waals surface area contributed by atoms with Gasteiger partial charge in [-0.25, -0.2) is 0 Å². The average molecular weight is 197 g/mol. The third-order valence-corrected chi connectivity index (χ3v) is 2.66. The predicted octanol–water partition coefficient (Wildman–Crippen LogP) is 2.88. The molecular weight excluding hydrogens is 186 g/mol. The van der Waals surface area contributed by atoms with Crippen LogP contribution >= 0.6 is 11.6 Å². The fraction of sp³-hybridized carbons (Fsp3) is 0.750. The molecule has 0 unspecified atom stereocenters. The molecule has 1 N–H and O–H groups in total. The van der Waals surface area contributed by atoms with Crippen LogP contribution in [0.4, 0.5) is 8.78 Å². The van der Waals surface area contributed by atoms with Crippen LogP contribution in [0.2, 0.25) is 0 Å². The standard InChI is InChI=1S/C8H11ClF2O/c9-7(8(10)11)5-3-1-2-4-6(5)12/h5-6,12H,1-4H2/t5-,6-/m1/s1. The number of rotatable bonds is 1. The second-order valence-corrected chi connectivity index (χ2v) is 3.47. The lowest BCUT2D eigenvalue weighted by atomic mass is 9.86. The molecule has 1 fully saturated rings. The SMILES string of the molecule is O[C@@H]1CCCC[C@H]1C(Cl)=C(F)F. The van der Waals surface area contributed by atoms with E-state index in [0.717, 1.165) is 12.8 Å². The summed E-state index contributed by atoms with van der Waals surface area (Å²) in [7, 11) is 0. The van der Waals surface area contributed by atoms with Gasteiger partial charge in [0.2, 0.25) is 0 Å². The van der Waals surface area contributed by atoms with Crippen molar-refractivity contribution in [3.63, 3.8) is 0 Å². The van der Waals surface area contributed by atoms with Crippen molar-refractivity contribution in [2.45, 2.75) is 31.8 Å². The fourth-order valence-corrected chi connectivity index (χ4v) is 1.80. The second-order valence-electron chi connectivity index (χ2n) is 3.07. The number of aliphatic hydroxyl groups is 1. The lowest BCUT2D eigenvalue weighted by Gasteiger charge is -2.26. The van der Waals surface area contributed by atoms with Gasteiger partial charge in [-0.05, 0) is 12.8 Å². The van der Waals surface area contributed by atoms with Crippen LogP contribution in [0.25, 0.3) is 0 Å². The molecule has 0 spiro atoms. The van der Waals surface area contributed by atoms with Crippen molar-refractivity contribution < 1.29 is 13.9 Å². The summed E-state index contributed by atoms with van der Waals surface area (Å²) in [6, 6.07) is 0. The quantitative estimate of drug-likeness (QED) is 0.684. The van der Waals surface area contributed by atoms with Gasteiger partial charge in [-0.3, -0.25) is 0 Å². The molecule has 2 atom stereocenters. The molecule has 12 heavy (non-hydrogen) atoms. The van der Waals surface area contributed by atoms with Crippen molar-refractivity contribution in [2.24, 2.45) is 5.92 Å². The van der Waals surface area contributed by atoms with Gasteiger partial charge in [-0.1, -0.05) is 24.4 Å². The van der Waals surface area contributed by atoms with Crippen LogP contribution in [-0.4, -0.2) is 11.2 Å². The molecule has 1 rings (SSSR count). The Hall–Kier alpha value is -0.150. The minimum atomic E-state index is -1.86. The summed E-state index contributed by atoms with van der Waals surface area (Å²) in [4.78, 5) is 0. The zero-order chi connectivity index (χ0) is 9.14. The van der Waals surface area contributed by atoms with Crippen LogP contribution in [0.15, 0.2) is 11.1 Å². The summed E-state index contributed by atoms with van der Waals surface area (Å²) in [6.07, 6.45) is 0.363. The molecule has 0 radical (unpaired) electrons. The van der Waals surface area contributed by atoms with Crippen molar-refractivity contribution in [1.82, 2.24) is 0 Å². The first-order chi connectivity index (χ1) is 5.63. The molecule has 0 aromatic rings. The van der Waals surface area contributed by atoms with Gasteiger partial charge in [0.25, 0.3) is 6.08 Å². The zero-order valence-electron chi connectivity index (χ0n) is 6.56. The van der Waals surface area contributed by atoms with E-state index in [-0.39, 0.29) is 0 Å². The maximum Gasteiger partial charge on any atom is 0.285 e. The number of hydrogen-bond donors (Lipinski definition) is 1. The average Bonchev–Trinajstić information content (AvgIpc) is 2.04. The van der Waals surface area contributed by atoms with Gasteiger partial charge in [-0.2, -0.15) is 8.78 Å². The van der Waals surface area contributed by atoms with Gasteiger partial charge in [0.15, 0.2) is 0 Å². The Bertz CT molecular complexity index is 189. The Morgan fingerprint density at radius 2 is 1.83 bits per heavy atom. The first-order valence-corrected chi connectivity index (χ1v) is 4.39. The summed E-state index contributed by atoms with van der Waals surface area (Å²) in [6.45, 7) is 0. The first kappa shape index (κ1) is 9.93. The molecule has 0 bridgehead atoms. The third-order valence-electron chi connectivity index (χ3n) is 2.24. The Balaban J connectivity index is 2.66. The number of hydrogen-bond acceptors (Lipinski definition) is 1. The predicted molar refractivity (Wildman–Crippen MR) is 43.1 cm³/mol. The molecule has 0 aromatic carbocycles. The summed E-state index contributed by atoms with van der Waals surface area (Å²) in [5.41, 5.74) is 0. The van der Waals surface area contributed by atoms with E-state index in [1.807, 2.05) is 0 Å². The largest absolute Gasteiger partial charge is 0.392 e. The number of halogens is 3. The number of aliphatic hydroxyl groups excluding tert-OH is 1. The molecular formula is C8H11ClF2O. The van der Waals surface area contributed by atoms with Crippen LogP contribution in [0.1, 0.15) is 25.7 Å². The molecule has 4 heteroatoms. The lowest BCUT2D eigenvalue weighted by molar-refractivity contribution is 0.0882. The Morgan fingerprint density at radius 3 is 2.33 bits per heavy atom. The highest BCUT2D eigenvalue weighted by Crippen LogP contribution is 2.34. The van der Waals surface area contributed by atoms with Gasteiger partial charge in [-0.15, -0.1) is 0 Å². The summed E-state index contributed by atoms with van der Waals surface area (Å²) in [5.74, 6) is -0.537. The van der Waals surface area contributed by atoms with Crippen molar-refractivity contribution in [1.29, 1.82) is 0 Å². The van der Waals surface area contributed by atoms with E-state index in [1.165, 1.54) is 0 Å². The highest BCUT2D eigenvalue weighted by atomic mass is 35.5. The second kappa shape index (κ2) is 4.19. The molecule has 0 aromatic heterocycles. The third kappa shape index (κ3) is 2.17. The van der Waals surface area contributed by atoms with Crippen LogP contribution in [0.5, 0.6) is 0 Å². The van der Waals surface area contributed by atoms with Crippen molar-refractivity contribution in [3.05, 3.63) is 11.1 Å².